The summed E-state index contributed by atoms with van der Waals surface area (Å²) in [6.45, 7) is 1.56. The van der Waals surface area contributed by atoms with Gasteiger partial charge in [0.25, 0.3) is 0 Å². The van der Waals surface area contributed by atoms with Crippen molar-refractivity contribution in [2.75, 3.05) is 32.6 Å². The first-order valence-electron chi connectivity index (χ1n) is 4.97. The zero-order valence-electron chi connectivity index (χ0n) is 9.25. The Morgan fingerprint density at radius 3 is 2.53 bits per heavy atom. The molecule has 0 aliphatic rings. The minimum atomic E-state index is 0.695. The van der Waals surface area contributed by atoms with Crippen LogP contribution < -0.4 is 20.5 Å². The van der Waals surface area contributed by atoms with E-state index in [4.69, 9.17) is 15.2 Å². The van der Waals surface area contributed by atoms with Crippen LogP contribution in [0, 0.1) is 0 Å². The van der Waals surface area contributed by atoms with Gasteiger partial charge in [0.05, 0.1) is 14.2 Å². The van der Waals surface area contributed by atoms with Crippen molar-refractivity contribution in [1.82, 2.24) is 0 Å². The van der Waals surface area contributed by atoms with Gasteiger partial charge in [0.2, 0.25) is 0 Å². The van der Waals surface area contributed by atoms with Crippen LogP contribution in [-0.2, 0) is 0 Å². The van der Waals surface area contributed by atoms with Gasteiger partial charge < -0.3 is 20.5 Å². The molecule has 0 fully saturated rings. The highest BCUT2D eigenvalue weighted by atomic mass is 16.5. The van der Waals surface area contributed by atoms with Crippen molar-refractivity contribution < 1.29 is 9.47 Å². The molecule has 0 heterocycles. The molecule has 0 radical (unpaired) electrons. The highest BCUT2D eigenvalue weighted by molar-refractivity contribution is 5.54. The number of anilines is 1. The maximum absolute atomic E-state index is 5.41. The van der Waals surface area contributed by atoms with E-state index < -0.39 is 0 Å². The lowest BCUT2D eigenvalue weighted by atomic mass is 10.2. The molecule has 0 spiro atoms. The molecule has 1 aromatic rings. The standard InChI is InChI=1S/C11H18N2O2/c1-14-10-5-4-9(8-11(10)15-2)13-7-3-6-12/h4-5,8,13H,3,6-7,12H2,1-2H3. The third-order valence-corrected chi connectivity index (χ3v) is 2.09. The van der Waals surface area contributed by atoms with Gasteiger partial charge in [0.1, 0.15) is 0 Å². The van der Waals surface area contributed by atoms with Crippen LogP contribution in [0.2, 0.25) is 0 Å². The van der Waals surface area contributed by atoms with Gasteiger partial charge in [-0.25, -0.2) is 0 Å². The Morgan fingerprint density at radius 2 is 1.93 bits per heavy atom. The minimum absolute atomic E-state index is 0.695. The molecule has 0 atom stereocenters. The quantitative estimate of drug-likeness (QED) is 0.698. The molecule has 0 bridgehead atoms. The van der Waals surface area contributed by atoms with Crippen molar-refractivity contribution in [2.24, 2.45) is 5.73 Å². The van der Waals surface area contributed by atoms with Gasteiger partial charge in [-0.05, 0) is 25.1 Å². The van der Waals surface area contributed by atoms with Gasteiger partial charge >= 0.3 is 0 Å². The second-order valence-electron chi connectivity index (χ2n) is 3.14. The molecular weight excluding hydrogens is 192 g/mol. The van der Waals surface area contributed by atoms with E-state index in [-0.39, 0.29) is 0 Å². The molecule has 84 valence electrons. The van der Waals surface area contributed by atoms with Crippen LogP contribution in [0.15, 0.2) is 18.2 Å². The molecule has 0 aliphatic carbocycles. The Kier molecular flexibility index (Phi) is 4.77. The maximum atomic E-state index is 5.41. The van der Waals surface area contributed by atoms with Crippen LogP contribution in [0.3, 0.4) is 0 Å². The molecule has 0 aromatic heterocycles. The summed E-state index contributed by atoms with van der Waals surface area (Å²) in [5.41, 5.74) is 6.42. The van der Waals surface area contributed by atoms with E-state index >= 15 is 0 Å². The summed E-state index contributed by atoms with van der Waals surface area (Å²) in [5.74, 6) is 1.47. The number of methoxy groups -OCH3 is 2. The summed E-state index contributed by atoms with van der Waals surface area (Å²) >= 11 is 0. The average Bonchev–Trinajstić information content (AvgIpc) is 2.29. The first-order chi connectivity index (χ1) is 7.31. The van der Waals surface area contributed by atoms with Crippen molar-refractivity contribution in [2.45, 2.75) is 6.42 Å². The first-order valence-corrected chi connectivity index (χ1v) is 4.97. The van der Waals surface area contributed by atoms with Crippen LogP contribution in [0.4, 0.5) is 5.69 Å². The summed E-state index contributed by atoms with van der Waals surface area (Å²) < 4.78 is 10.3. The molecule has 4 heteroatoms. The summed E-state index contributed by atoms with van der Waals surface area (Å²) in [7, 11) is 3.25. The van der Waals surface area contributed by atoms with E-state index in [1.807, 2.05) is 18.2 Å². The van der Waals surface area contributed by atoms with E-state index in [0.29, 0.717) is 6.54 Å². The average molecular weight is 210 g/mol. The van der Waals surface area contributed by atoms with Crippen LogP contribution in [-0.4, -0.2) is 27.3 Å². The zero-order chi connectivity index (χ0) is 11.1. The highest BCUT2D eigenvalue weighted by Crippen LogP contribution is 2.29. The van der Waals surface area contributed by atoms with Gasteiger partial charge in [-0.15, -0.1) is 0 Å². The summed E-state index contributed by atoms with van der Waals surface area (Å²) in [4.78, 5) is 0. The van der Waals surface area contributed by atoms with Gasteiger partial charge in [0, 0.05) is 18.3 Å². The Bertz CT molecular complexity index is 303. The Hall–Kier alpha value is -1.42. The second-order valence-corrected chi connectivity index (χ2v) is 3.14. The molecule has 0 saturated heterocycles. The lowest BCUT2D eigenvalue weighted by Gasteiger charge is -2.10. The number of nitrogens with two attached hydrogens (primary N) is 1. The number of rotatable bonds is 6. The maximum Gasteiger partial charge on any atom is 0.162 e. The monoisotopic (exact) mass is 210 g/mol. The van der Waals surface area contributed by atoms with Crippen LogP contribution >= 0.6 is 0 Å². The number of hydrogen-bond donors (Lipinski definition) is 2. The fourth-order valence-corrected chi connectivity index (χ4v) is 1.28. The molecule has 1 rings (SSSR count). The molecule has 0 amide bonds. The Labute approximate surface area is 90.4 Å². The number of ether oxygens (including phenoxy) is 2. The zero-order valence-corrected chi connectivity index (χ0v) is 9.25. The fraction of sp³-hybridized carbons (Fsp3) is 0.455. The third kappa shape index (κ3) is 3.32. The van der Waals surface area contributed by atoms with E-state index in [1.54, 1.807) is 14.2 Å². The Morgan fingerprint density at radius 1 is 1.20 bits per heavy atom. The van der Waals surface area contributed by atoms with Crippen LogP contribution in [0.5, 0.6) is 11.5 Å². The van der Waals surface area contributed by atoms with Crippen LogP contribution in [0.25, 0.3) is 0 Å². The molecule has 0 aliphatic heterocycles. The lowest BCUT2D eigenvalue weighted by Crippen LogP contribution is -2.08. The topological polar surface area (TPSA) is 56.5 Å². The third-order valence-electron chi connectivity index (χ3n) is 2.09. The van der Waals surface area contributed by atoms with Crippen molar-refractivity contribution in [3.05, 3.63) is 18.2 Å². The summed E-state index contributed by atoms with van der Waals surface area (Å²) in [5, 5.41) is 3.26. The van der Waals surface area contributed by atoms with E-state index in [2.05, 4.69) is 5.32 Å². The molecule has 4 nitrogen and oxygen atoms in total. The van der Waals surface area contributed by atoms with Crippen molar-refractivity contribution in [3.8, 4) is 11.5 Å². The molecule has 1 aromatic carbocycles. The lowest BCUT2D eigenvalue weighted by molar-refractivity contribution is 0.355. The number of nitrogens with one attached hydrogen (secondary N) is 1. The molecular formula is C11H18N2O2. The van der Waals surface area contributed by atoms with Gasteiger partial charge in [-0.2, -0.15) is 0 Å². The van der Waals surface area contributed by atoms with Crippen LogP contribution in [0.1, 0.15) is 6.42 Å². The summed E-state index contributed by atoms with van der Waals surface area (Å²) in [6, 6.07) is 5.75. The number of hydrogen-bond acceptors (Lipinski definition) is 4. The van der Waals surface area contributed by atoms with E-state index in [9.17, 15) is 0 Å². The largest absolute Gasteiger partial charge is 0.493 e. The van der Waals surface area contributed by atoms with Crippen molar-refractivity contribution >= 4 is 5.69 Å². The fourth-order valence-electron chi connectivity index (χ4n) is 1.28. The second kappa shape index (κ2) is 6.14. The van der Waals surface area contributed by atoms with Gasteiger partial charge in [-0.1, -0.05) is 0 Å². The van der Waals surface area contributed by atoms with E-state index in [1.165, 1.54) is 0 Å². The normalized spacial score (nSPS) is 9.80. The molecule has 0 saturated carbocycles. The predicted molar refractivity (Wildman–Crippen MR) is 61.7 cm³/mol. The number of benzene rings is 1. The first kappa shape index (κ1) is 11.7. The SMILES string of the molecule is COc1ccc(NCCCN)cc1OC. The van der Waals surface area contributed by atoms with Gasteiger partial charge in [0.15, 0.2) is 11.5 Å². The molecule has 15 heavy (non-hydrogen) atoms. The van der Waals surface area contributed by atoms with Gasteiger partial charge in [-0.3, -0.25) is 0 Å². The molecule has 3 N–H and O–H groups in total. The minimum Gasteiger partial charge on any atom is -0.493 e. The summed E-state index contributed by atoms with van der Waals surface area (Å²) in [6.07, 6.45) is 0.953. The molecule has 0 unspecified atom stereocenters. The predicted octanol–water partition coefficient (Wildman–Crippen LogP) is 1.46. The highest BCUT2D eigenvalue weighted by Gasteiger charge is 2.03. The van der Waals surface area contributed by atoms with Crippen molar-refractivity contribution in [3.63, 3.8) is 0 Å². The van der Waals surface area contributed by atoms with Crippen molar-refractivity contribution in [1.29, 1.82) is 0 Å². The van der Waals surface area contributed by atoms with E-state index in [0.717, 1.165) is 30.2 Å². The smallest absolute Gasteiger partial charge is 0.162 e. The Balaban J connectivity index is 2.66.